The van der Waals surface area contributed by atoms with Gasteiger partial charge >= 0.3 is 12.1 Å². The summed E-state index contributed by atoms with van der Waals surface area (Å²) in [6.07, 6.45) is 4.21. The Morgan fingerprint density at radius 1 is 1.18 bits per heavy atom. The molecule has 116 valence electrons. The molecule has 0 spiro atoms. The topological polar surface area (TPSA) is 57.5 Å². The molecule has 0 unspecified atom stereocenters. The number of rotatable bonds is 2. The van der Waals surface area contributed by atoms with Crippen molar-refractivity contribution in [3.05, 3.63) is 42.1 Å². The van der Waals surface area contributed by atoms with E-state index in [1.165, 1.54) is 17.8 Å². The number of hydrogen-bond acceptors (Lipinski definition) is 4. The molecule has 0 radical (unpaired) electrons. The van der Waals surface area contributed by atoms with Crippen LogP contribution in [0.2, 0.25) is 0 Å². The Morgan fingerprint density at radius 2 is 1.91 bits per heavy atom. The molecule has 2 rings (SSSR count). The van der Waals surface area contributed by atoms with Gasteiger partial charge in [0, 0.05) is 17.7 Å². The van der Waals surface area contributed by atoms with Crippen LogP contribution in [0.5, 0.6) is 0 Å². The number of esters is 1. The number of aromatic nitrogens is 1. The van der Waals surface area contributed by atoms with Gasteiger partial charge in [-0.1, -0.05) is 12.1 Å². The van der Waals surface area contributed by atoms with Gasteiger partial charge in [0.1, 0.15) is 5.60 Å². The highest BCUT2D eigenvalue weighted by Gasteiger charge is 2.18. The first kappa shape index (κ1) is 15.8. The summed E-state index contributed by atoms with van der Waals surface area (Å²) in [4.78, 5) is 23.3. The van der Waals surface area contributed by atoms with E-state index in [2.05, 4.69) is 4.74 Å². The Bertz CT molecular complexity index is 735. The third-order valence-electron chi connectivity index (χ3n) is 2.92. The van der Waals surface area contributed by atoms with Crippen molar-refractivity contribution in [2.45, 2.75) is 26.4 Å². The Labute approximate surface area is 129 Å². The van der Waals surface area contributed by atoms with Crippen LogP contribution in [0.4, 0.5) is 4.79 Å². The number of carbonyl (C=O) groups is 2. The fourth-order valence-electron chi connectivity index (χ4n) is 1.95. The van der Waals surface area contributed by atoms with Gasteiger partial charge in [0.15, 0.2) is 0 Å². The molecule has 0 saturated heterocycles. The maximum atomic E-state index is 12.2. The summed E-state index contributed by atoms with van der Waals surface area (Å²) in [5.74, 6) is -0.428. The van der Waals surface area contributed by atoms with Gasteiger partial charge in [-0.2, -0.15) is 0 Å². The number of nitrogens with zero attached hydrogens (tertiary/aromatic N) is 1. The third-order valence-corrected chi connectivity index (χ3v) is 2.92. The van der Waals surface area contributed by atoms with Crippen molar-refractivity contribution in [3.63, 3.8) is 0 Å². The van der Waals surface area contributed by atoms with Gasteiger partial charge in [-0.15, -0.1) is 0 Å². The van der Waals surface area contributed by atoms with Crippen LogP contribution in [0.3, 0.4) is 0 Å². The molecule has 0 amide bonds. The average Bonchev–Trinajstić information content (AvgIpc) is 2.86. The van der Waals surface area contributed by atoms with Gasteiger partial charge in [0.05, 0.1) is 12.6 Å². The summed E-state index contributed by atoms with van der Waals surface area (Å²) < 4.78 is 11.4. The lowest BCUT2D eigenvalue weighted by Gasteiger charge is -2.19. The molecule has 0 N–H and O–H groups in total. The minimum Gasteiger partial charge on any atom is -0.466 e. The highest BCUT2D eigenvalue weighted by molar-refractivity contribution is 5.92. The molecular formula is C17H19NO4. The maximum absolute atomic E-state index is 12.2. The highest BCUT2D eigenvalue weighted by atomic mass is 16.6. The van der Waals surface area contributed by atoms with Crippen molar-refractivity contribution < 1.29 is 19.1 Å². The number of hydrogen-bond donors (Lipinski definition) is 0. The number of fused-ring (bicyclic) bond motifs is 1. The Kier molecular flexibility index (Phi) is 4.35. The molecule has 0 bridgehead atoms. The lowest BCUT2D eigenvalue weighted by atomic mass is 10.1. The lowest BCUT2D eigenvalue weighted by Crippen LogP contribution is -2.26. The Morgan fingerprint density at radius 3 is 2.55 bits per heavy atom. The van der Waals surface area contributed by atoms with Crippen LogP contribution in [0.25, 0.3) is 17.0 Å². The van der Waals surface area contributed by atoms with E-state index in [9.17, 15) is 9.59 Å². The first-order valence-electron chi connectivity index (χ1n) is 6.91. The van der Waals surface area contributed by atoms with Crippen molar-refractivity contribution in [2.24, 2.45) is 0 Å². The van der Waals surface area contributed by atoms with Crippen molar-refractivity contribution in [1.82, 2.24) is 4.57 Å². The molecule has 1 aromatic heterocycles. The van der Waals surface area contributed by atoms with Crippen molar-refractivity contribution in [3.8, 4) is 0 Å². The second-order valence-corrected chi connectivity index (χ2v) is 5.84. The number of carbonyl (C=O) groups excluding carboxylic acids is 2. The average molecular weight is 301 g/mol. The van der Waals surface area contributed by atoms with E-state index in [4.69, 9.17) is 4.74 Å². The molecule has 0 atom stereocenters. The Hall–Kier alpha value is -2.56. The van der Waals surface area contributed by atoms with Crippen LogP contribution in [0.1, 0.15) is 26.3 Å². The molecule has 0 fully saturated rings. The molecule has 5 nitrogen and oxygen atoms in total. The summed E-state index contributed by atoms with van der Waals surface area (Å²) in [5.41, 5.74) is 0.957. The Balaban J connectivity index is 2.35. The van der Waals surface area contributed by atoms with Gasteiger partial charge in [0.2, 0.25) is 0 Å². The zero-order chi connectivity index (χ0) is 16.3. The van der Waals surface area contributed by atoms with Crippen LogP contribution < -0.4 is 0 Å². The normalized spacial score (nSPS) is 11.8. The highest BCUT2D eigenvalue weighted by Crippen LogP contribution is 2.20. The predicted octanol–water partition coefficient (Wildman–Crippen LogP) is 3.61. The molecule has 5 heteroatoms. The van der Waals surface area contributed by atoms with E-state index in [0.717, 1.165) is 16.5 Å². The monoisotopic (exact) mass is 301 g/mol. The summed E-state index contributed by atoms with van der Waals surface area (Å²) >= 11 is 0. The van der Waals surface area contributed by atoms with Crippen LogP contribution in [-0.4, -0.2) is 29.3 Å². The molecule has 22 heavy (non-hydrogen) atoms. The molecule has 0 aliphatic rings. The van der Waals surface area contributed by atoms with Crippen LogP contribution in [-0.2, 0) is 14.3 Å². The largest absolute Gasteiger partial charge is 0.466 e. The smallest absolute Gasteiger partial charge is 0.418 e. The minimum atomic E-state index is -0.559. The zero-order valence-corrected chi connectivity index (χ0v) is 13.1. The van der Waals surface area contributed by atoms with E-state index < -0.39 is 17.7 Å². The molecule has 0 aliphatic carbocycles. The number of benzene rings is 1. The van der Waals surface area contributed by atoms with E-state index >= 15 is 0 Å². The molecule has 1 heterocycles. The quantitative estimate of drug-likeness (QED) is 0.628. The SMILES string of the molecule is COC(=O)/C=C/c1ccc2ccn(C(=O)OC(C)(C)C)c2c1. The fraction of sp³-hybridized carbons (Fsp3) is 0.294. The summed E-state index contributed by atoms with van der Waals surface area (Å²) in [6, 6.07) is 7.40. The van der Waals surface area contributed by atoms with Gasteiger partial charge in [-0.25, -0.2) is 9.59 Å². The van der Waals surface area contributed by atoms with Crippen LogP contribution >= 0.6 is 0 Å². The summed E-state index contributed by atoms with van der Waals surface area (Å²) in [6.45, 7) is 5.46. The standard InChI is InChI=1S/C17H19NO4/c1-17(2,3)22-16(20)18-10-9-13-7-5-12(11-14(13)18)6-8-15(19)21-4/h5-11H,1-4H3/b8-6+. The lowest BCUT2D eigenvalue weighted by molar-refractivity contribution is -0.134. The first-order valence-corrected chi connectivity index (χ1v) is 6.91. The minimum absolute atomic E-state index is 0.428. The first-order chi connectivity index (χ1) is 10.3. The van der Waals surface area contributed by atoms with Crippen LogP contribution in [0, 0.1) is 0 Å². The molecule has 0 aliphatic heterocycles. The predicted molar refractivity (Wildman–Crippen MR) is 84.6 cm³/mol. The summed E-state index contributed by atoms with van der Waals surface area (Å²) in [7, 11) is 1.32. The molecule has 2 aromatic rings. The van der Waals surface area contributed by atoms with Gasteiger partial charge in [-0.05, 0) is 44.5 Å². The summed E-state index contributed by atoms with van der Waals surface area (Å²) in [5, 5.41) is 0.918. The van der Waals surface area contributed by atoms with Gasteiger partial charge < -0.3 is 9.47 Å². The second-order valence-electron chi connectivity index (χ2n) is 5.84. The number of methoxy groups -OCH3 is 1. The molecule has 0 saturated carbocycles. The van der Waals surface area contributed by atoms with E-state index in [1.54, 1.807) is 12.3 Å². The number of ether oxygens (including phenoxy) is 2. The van der Waals surface area contributed by atoms with Gasteiger partial charge in [0.25, 0.3) is 0 Å². The van der Waals surface area contributed by atoms with E-state index in [0.29, 0.717) is 0 Å². The van der Waals surface area contributed by atoms with Crippen molar-refractivity contribution in [2.75, 3.05) is 7.11 Å². The molecule has 1 aromatic carbocycles. The van der Waals surface area contributed by atoms with E-state index in [-0.39, 0.29) is 0 Å². The zero-order valence-electron chi connectivity index (χ0n) is 13.1. The van der Waals surface area contributed by atoms with Gasteiger partial charge in [-0.3, -0.25) is 4.57 Å². The van der Waals surface area contributed by atoms with Crippen molar-refractivity contribution >= 4 is 29.0 Å². The van der Waals surface area contributed by atoms with Crippen molar-refractivity contribution in [1.29, 1.82) is 0 Å². The third kappa shape index (κ3) is 3.75. The maximum Gasteiger partial charge on any atom is 0.418 e. The van der Waals surface area contributed by atoms with Crippen LogP contribution in [0.15, 0.2) is 36.5 Å². The fourth-order valence-corrected chi connectivity index (χ4v) is 1.95. The second kappa shape index (κ2) is 6.05. The molecular weight excluding hydrogens is 282 g/mol. The van der Waals surface area contributed by atoms with E-state index in [1.807, 2.05) is 45.0 Å².